The van der Waals surface area contributed by atoms with Gasteiger partial charge in [0.05, 0.1) is 23.7 Å². The van der Waals surface area contributed by atoms with Crippen LogP contribution in [0.3, 0.4) is 0 Å². The molecule has 0 aromatic carbocycles. The Hall–Kier alpha value is -1.20. The zero-order valence-electron chi connectivity index (χ0n) is 10.5. The average Bonchev–Trinajstić information content (AvgIpc) is 2.96. The fraction of sp³-hybridized carbons (Fsp3) is 0.385. The number of thiophene rings is 1. The van der Waals surface area contributed by atoms with E-state index in [4.69, 9.17) is 0 Å². The molecule has 5 heteroatoms. The molecule has 0 bridgehead atoms. The minimum absolute atomic E-state index is 0.0315. The molecule has 2 heterocycles. The molecular weight excluding hydrogens is 264 g/mol. The van der Waals surface area contributed by atoms with Crippen molar-refractivity contribution in [2.24, 2.45) is 0 Å². The molecule has 0 radical (unpaired) electrons. The molecule has 0 saturated heterocycles. The lowest BCUT2D eigenvalue weighted by molar-refractivity contribution is -0.120. The van der Waals surface area contributed by atoms with Crippen LogP contribution in [0.15, 0.2) is 22.9 Å². The van der Waals surface area contributed by atoms with Crippen LogP contribution < -0.4 is 5.32 Å². The lowest BCUT2D eigenvalue weighted by Crippen LogP contribution is -2.24. The summed E-state index contributed by atoms with van der Waals surface area (Å²) in [6, 6.07) is 4.01. The first-order valence-corrected chi connectivity index (χ1v) is 7.64. The summed E-state index contributed by atoms with van der Waals surface area (Å²) in [6.45, 7) is 4.83. The Labute approximate surface area is 115 Å². The monoisotopic (exact) mass is 280 g/mol. The highest BCUT2D eigenvalue weighted by Gasteiger charge is 2.09. The van der Waals surface area contributed by atoms with Gasteiger partial charge in [-0.25, -0.2) is 4.98 Å². The minimum Gasteiger partial charge on any atom is -0.351 e. The van der Waals surface area contributed by atoms with E-state index in [0.29, 0.717) is 18.9 Å². The van der Waals surface area contributed by atoms with Crippen molar-refractivity contribution >= 4 is 28.6 Å². The second kappa shape index (κ2) is 6.11. The number of amides is 1. The third kappa shape index (κ3) is 3.65. The topological polar surface area (TPSA) is 42.0 Å². The van der Waals surface area contributed by atoms with Gasteiger partial charge >= 0.3 is 0 Å². The summed E-state index contributed by atoms with van der Waals surface area (Å²) < 4.78 is 0. The molecule has 0 aliphatic heterocycles. The van der Waals surface area contributed by atoms with Crippen molar-refractivity contribution in [3.05, 3.63) is 38.5 Å². The molecule has 0 spiro atoms. The first-order chi connectivity index (χ1) is 8.65. The molecule has 1 amide bonds. The maximum atomic E-state index is 11.7. The second-order valence-corrected chi connectivity index (χ2v) is 6.29. The quantitative estimate of drug-likeness (QED) is 0.914. The molecule has 18 heavy (non-hydrogen) atoms. The third-order valence-corrected chi connectivity index (χ3v) is 4.52. The highest BCUT2D eigenvalue weighted by atomic mass is 32.1. The van der Waals surface area contributed by atoms with E-state index < -0.39 is 0 Å². The van der Waals surface area contributed by atoms with E-state index >= 15 is 0 Å². The molecule has 0 atom stereocenters. The zero-order valence-corrected chi connectivity index (χ0v) is 12.1. The lowest BCUT2D eigenvalue weighted by atomic mass is 10.2. The van der Waals surface area contributed by atoms with Crippen LogP contribution in [0.25, 0.3) is 0 Å². The van der Waals surface area contributed by atoms with Crippen LogP contribution in [0.4, 0.5) is 0 Å². The number of carbonyl (C=O) groups is 1. The van der Waals surface area contributed by atoms with Gasteiger partial charge < -0.3 is 5.32 Å². The normalized spacial score (nSPS) is 10.8. The standard InChI is InChI=1S/C13H16N2OS2/c1-9(2)13-15-10(8-18-13)6-12(16)14-7-11-4-3-5-17-11/h3-5,8-9H,6-7H2,1-2H3,(H,14,16). The van der Waals surface area contributed by atoms with Gasteiger partial charge in [0, 0.05) is 16.2 Å². The van der Waals surface area contributed by atoms with Gasteiger partial charge in [-0.15, -0.1) is 22.7 Å². The van der Waals surface area contributed by atoms with Gasteiger partial charge in [0.25, 0.3) is 0 Å². The predicted molar refractivity (Wildman–Crippen MR) is 76.1 cm³/mol. The van der Waals surface area contributed by atoms with Crippen LogP contribution in [0.2, 0.25) is 0 Å². The Balaban J connectivity index is 1.83. The number of nitrogens with zero attached hydrogens (tertiary/aromatic N) is 1. The third-order valence-electron chi connectivity index (χ3n) is 2.44. The predicted octanol–water partition coefficient (Wildman–Crippen LogP) is 3.19. The fourth-order valence-electron chi connectivity index (χ4n) is 1.49. The van der Waals surface area contributed by atoms with Crippen LogP contribution in [0.1, 0.15) is 35.3 Å². The van der Waals surface area contributed by atoms with Gasteiger partial charge in [-0.1, -0.05) is 19.9 Å². The summed E-state index contributed by atoms with van der Waals surface area (Å²) in [5, 5.41) is 7.98. The molecule has 2 aromatic rings. The fourth-order valence-corrected chi connectivity index (χ4v) is 2.97. The Bertz CT molecular complexity index is 503. The maximum Gasteiger partial charge on any atom is 0.226 e. The molecule has 96 valence electrons. The van der Waals surface area contributed by atoms with Crippen molar-refractivity contribution in [3.63, 3.8) is 0 Å². The van der Waals surface area contributed by atoms with Crippen LogP contribution in [0.5, 0.6) is 0 Å². The molecule has 1 N–H and O–H groups in total. The van der Waals surface area contributed by atoms with E-state index in [1.165, 1.54) is 4.88 Å². The van der Waals surface area contributed by atoms with Gasteiger partial charge in [-0.05, 0) is 11.4 Å². The van der Waals surface area contributed by atoms with Crippen LogP contribution in [0, 0.1) is 0 Å². The highest BCUT2D eigenvalue weighted by Crippen LogP contribution is 2.19. The van der Waals surface area contributed by atoms with Gasteiger partial charge in [-0.3, -0.25) is 4.79 Å². The van der Waals surface area contributed by atoms with Crippen molar-refractivity contribution in [2.45, 2.75) is 32.7 Å². The molecular formula is C13H16N2OS2. The number of thiazole rings is 1. The van der Waals surface area contributed by atoms with E-state index in [1.807, 2.05) is 22.9 Å². The molecule has 0 aliphatic rings. The number of rotatable bonds is 5. The van der Waals surface area contributed by atoms with Gasteiger partial charge in [-0.2, -0.15) is 0 Å². The van der Waals surface area contributed by atoms with Crippen molar-refractivity contribution in [2.75, 3.05) is 0 Å². The summed E-state index contributed by atoms with van der Waals surface area (Å²) in [6.07, 6.45) is 0.370. The van der Waals surface area contributed by atoms with Crippen molar-refractivity contribution in [1.29, 1.82) is 0 Å². The summed E-state index contributed by atoms with van der Waals surface area (Å²) in [5.74, 6) is 0.460. The molecule has 0 saturated carbocycles. The minimum atomic E-state index is 0.0315. The molecule has 0 aliphatic carbocycles. The maximum absolute atomic E-state index is 11.7. The first kappa shape index (κ1) is 13.2. The largest absolute Gasteiger partial charge is 0.351 e. The Morgan fingerprint density at radius 2 is 2.28 bits per heavy atom. The van der Waals surface area contributed by atoms with Crippen molar-refractivity contribution in [3.8, 4) is 0 Å². The summed E-state index contributed by atoms with van der Waals surface area (Å²) in [4.78, 5) is 17.4. The number of aromatic nitrogens is 1. The Kier molecular flexibility index (Phi) is 4.49. The van der Waals surface area contributed by atoms with Crippen LogP contribution >= 0.6 is 22.7 Å². The molecule has 0 fully saturated rings. The van der Waals surface area contributed by atoms with Crippen molar-refractivity contribution in [1.82, 2.24) is 10.3 Å². The SMILES string of the molecule is CC(C)c1nc(CC(=O)NCc2cccs2)cs1. The Morgan fingerprint density at radius 3 is 2.89 bits per heavy atom. The van der Waals surface area contributed by atoms with E-state index in [2.05, 4.69) is 24.1 Å². The smallest absolute Gasteiger partial charge is 0.226 e. The van der Waals surface area contributed by atoms with E-state index in [0.717, 1.165) is 10.7 Å². The first-order valence-electron chi connectivity index (χ1n) is 5.88. The Morgan fingerprint density at radius 1 is 1.44 bits per heavy atom. The van der Waals surface area contributed by atoms with Gasteiger partial charge in [0.15, 0.2) is 0 Å². The number of carbonyl (C=O) groups excluding carboxylic acids is 1. The van der Waals surface area contributed by atoms with Crippen LogP contribution in [-0.2, 0) is 17.8 Å². The van der Waals surface area contributed by atoms with E-state index in [-0.39, 0.29) is 5.91 Å². The zero-order chi connectivity index (χ0) is 13.0. The number of hydrogen-bond acceptors (Lipinski definition) is 4. The summed E-state index contributed by atoms with van der Waals surface area (Å²) in [5.41, 5.74) is 0.868. The average molecular weight is 280 g/mol. The molecule has 2 aromatic heterocycles. The van der Waals surface area contributed by atoms with Crippen molar-refractivity contribution < 1.29 is 4.79 Å². The van der Waals surface area contributed by atoms with Gasteiger partial charge in [0.2, 0.25) is 5.91 Å². The lowest BCUT2D eigenvalue weighted by Gasteiger charge is -2.02. The summed E-state index contributed by atoms with van der Waals surface area (Å²) >= 11 is 3.28. The molecule has 2 rings (SSSR count). The van der Waals surface area contributed by atoms with Gasteiger partial charge in [0.1, 0.15) is 0 Å². The number of hydrogen-bond donors (Lipinski definition) is 1. The highest BCUT2D eigenvalue weighted by molar-refractivity contribution is 7.10. The van der Waals surface area contributed by atoms with E-state index in [1.54, 1.807) is 22.7 Å². The number of nitrogens with one attached hydrogen (secondary N) is 1. The molecule has 0 unspecified atom stereocenters. The second-order valence-electron chi connectivity index (χ2n) is 4.36. The van der Waals surface area contributed by atoms with Crippen LogP contribution in [-0.4, -0.2) is 10.9 Å². The van der Waals surface area contributed by atoms with E-state index in [9.17, 15) is 4.79 Å². The molecule has 3 nitrogen and oxygen atoms in total. The summed E-state index contributed by atoms with van der Waals surface area (Å²) in [7, 11) is 0.